The zero-order valence-corrected chi connectivity index (χ0v) is 22.0. The van der Waals surface area contributed by atoms with E-state index in [1.54, 1.807) is 25.2 Å². The lowest BCUT2D eigenvalue weighted by Gasteiger charge is -2.30. The molecule has 1 saturated heterocycles. The number of thiophene rings is 1. The minimum absolute atomic E-state index is 0.427. The average Bonchev–Trinajstić information content (AvgIpc) is 3.32. The number of aryl methyl sites for hydroxylation is 1. The van der Waals surface area contributed by atoms with Crippen molar-refractivity contribution >= 4 is 22.9 Å². The number of fused-ring (bicyclic) bond motifs is 2. The average molecular weight is 502 g/mol. The summed E-state index contributed by atoms with van der Waals surface area (Å²) in [5, 5.41) is 22.4. The van der Waals surface area contributed by atoms with Crippen LogP contribution in [0.2, 0.25) is 0 Å². The Kier molecular flexibility index (Phi) is 7.16. The number of rotatable bonds is 6. The van der Waals surface area contributed by atoms with E-state index in [9.17, 15) is 15.0 Å². The quantitative estimate of drug-likeness (QED) is 0.420. The first-order valence-corrected chi connectivity index (χ1v) is 13.8. The highest BCUT2D eigenvalue weighted by Crippen LogP contribution is 2.43. The standard InChI is InChI=1S/C31H35NO3S/c1-31(2,30(34)35)24-11-9-21(10-12-24)6-5-16-32-17-13-22(14-18-32)28-25-8-4-3-7-23(25)20-27(33)29-26(28)15-19-36-29/h3-4,7-12,15,19,27,33H,5-6,13-14,16-18,20H2,1-2H3,(H,34,35). The Labute approximate surface area is 217 Å². The Hall–Kier alpha value is -2.73. The topological polar surface area (TPSA) is 60.8 Å². The predicted octanol–water partition coefficient (Wildman–Crippen LogP) is 6.23. The second kappa shape index (κ2) is 10.3. The number of likely N-dealkylation sites (tertiary alicyclic amines) is 1. The van der Waals surface area contributed by atoms with Gasteiger partial charge in [-0.3, -0.25) is 4.79 Å². The predicted molar refractivity (Wildman–Crippen MR) is 147 cm³/mol. The van der Waals surface area contributed by atoms with Gasteiger partial charge in [-0.1, -0.05) is 54.1 Å². The number of carboxylic acids is 1. The second-order valence-corrected chi connectivity index (χ2v) is 11.6. The number of aliphatic hydroxyl groups excluding tert-OH is 1. The zero-order valence-electron chi connectivity index (χ0n) is 21.2. The molecule has 5 heteroatoms. The van der Waals surface area contributed by atoms with Gasteiger partial charge in [0.05, 0.1) is 11.5 Å². The maximum atomic E-state index is 11.5. The molecule has 0 bridgehead atoms. The first-order chi connectivity index (χ1) is 17.3. The van der Waals surface area contributed by atoms with Crippen molar-refractivity contribution in [2.24, 2.45) is 0 Å². The van der Waals surface area contributed by atoms with Crippen LogP contribution < -0.4 is 0 Å². The van der Waals surface area contributed by atoms with Crippen LogP contribution >= 0.6 is 11.3 Å². The minimum atomic E-state index is -0.863. The van der Waals surface area contributed by atoms with Gasteiger partial charge in [-0.25, -0.2) is 0 Å². The number of aliphatic carboxylic acids is 1. The normalized spacial score (nSPS) is 18.5. The van der Waals surface area contributed by atoms with Gasteiger partial charge in [0, 0.05) is 24.4 Å². The summed E-state index contributed by atoms with van der Waals surface area (Å²) in [5.41, 5.74) is 7.90. The lowest BCUT2D eigenvalue weighted by atomic mass is 9.84. The van der Waals surface area contributed by atoms with Crippen LogP contribution in [0.5, 0.6) is 0 Å². The molecule has 36 heavy (non-hydrogen) atoms. The Morgan fingerprint density at radius 2 is 1.75 bits per heavy atom. The van der Waals surface area contributed by atoms with Gasteiger partial charge >= 0.3 is 5.97 Å². The van der Waals surface area contributed by atoms with E-state index in [2.05, 4.69) is 52.7 Å². The van der Waals surface area contributed by atoms with Crippen LogP contribution in [0.25, 0.3) is 5.57 Å². The van der Waals surface area contributed by atoms with E-state index < -0.39 is 17.5 Å². The summed E-state index contributed by atoms with van der Waals surface area (Å²) in [6.45, 7) is 6.70. The molecule has 0 radical (unpaired) electrons. The van der Waals surface area contributed by atoms with Crippen LogP contribution in [-0.2, 0) is 23.1 Å². The number of hydrogen-bond donors (Lipinski definition) is 2. The van der Waals surface area contributed by atoms with Crippen LogP contribution in [0.3, 0.4) is 0 Å². The minimum Gasteiger partial charge on any atom is -0.481 e. The summed E-state index contributed by atoms with van der Waals surface area (Å²) >= 11 is 1.67. The first-order valence-electron chi connectivity index (χ1n) is 13.0. The molecule has 1 aliphatic heterocycles. The number of aliphatic hydroxyl groups is 1. The molecular formula is C31H35NO3S. The highest BCUT2D eigenvalue weighted by atomic mass is 32.1. The van der Waals surface area contributed by atoms with Crippen LogP contribution in [0.15, 0.2) is 65.6 Å². The van der Waals surface area contributed by atoms with Gasteiger partial charge in [0.15, 0.2) is 0 Å². The third kappa shape index (κ3) is 4.93. The summed E-state index contributed by atoms with van der Waals surface area (Å²) in [6, 6.07) is 18.9. The van der Waals surface area contributed by atoms with E-state index >= 15 is 0 Å². The van der Waals surface area contributed by atoms with Crippen molar-refractivity contribution in [1.82, 2.24) is 4.90 Å². The molecular weight excluding hydrogens is 466 g/mol. The van der Waals surface area contributed by atoms with Crippen molar-refractivity contribution in [2.75, 3.05) is 19.6 Å². The Balaban J connectivity index is 1.23. The molecule has 0 spiro atoms. The van der Waals surface area contributed by atoms with Gasteiger partial charge in [-0.15, -0.1) is 11.3 Å². The first kappa shape index (κ1) is 24.9. The van der Waals surface area contributed by atoms with Crippen molar-refractivity contribution in [1.29, 1.82) is 0 Å². The van der Waals surface area contributed by atoms with Crippen LogP contribution in [0.1, 0.15) is 71.9 Å². The maximum absolute atomic E-state index is 11.5. The van der Waals surface area contributed by atoms with Crippen LogP contribution in [0.4, 0.5) is 0 Å². The molecule has 3 aromatic rings. The molecule has 1 atom stereocenters. The smallest absolute Gasteiger partial charge is 0.313 e. The van der Waals surface area contributed by atoms with E-state index in [4.69, 9.17) is 0 Å². The third-order valence-corrected chi connectivity index (χ3v) is 8.95. The second-order valence-electron chi connectivity index (χ2n) is 10.6. The van der Waals surface area contributed by atoms with Gasteiger partial charge in [0.25, 0.3) is 0 Å². The molecule has 5 rings (SSSR count). The number of benzene rings is 2. The Bertz CT molecular complexity index is 1260. The molecule has 2 N–H and O–H groups in total. The van der Waals surface area contributed by atoms with E-state index in [-0.39, 0.29) is 0 Å². The third-order valence-electron chi connectivity index (χ3n) is 7.93. The summed E-state index contributed by atoms with van der Waals surface area (Å²) in [5.74, 6) is -0.798. The highest BCUT2D eigenvalue weighted by molar-refractivity contribution is 7.10. The largest absolute Gasteiger partial charge is 0.481 e. The fraction of sp³-hybridized carbons (Fsp3) is 0.387. The Morgan fingerprint density at radius 3 is 2.47 bits per heavy atom. The molecule has 1 unspecified atom stereocenters. The van der Waals surface area contributed by atoms with Crippen molar-refractivity contribution in [2.45, 2.75) is 57.5 Å². The molecule has 2 aliphatic rings. The molecule has 4 nitrogen and oxygen atoms in total. The fourth-order valence-electron chi connectivity index (χ4n) is 5.57. The Morgan fingerprint density at radius 1 is 1.03 bits per heavy atom. The molecule has 1 aliphatic carbocycles. The maximum Gasteiger partial charge on any atom is 0.313 e. The number of carboxylic acid groups (broad SMARTS) is 1. The molecule has 1 fully saturated rings. The molecule has 2 aromatic carbocycles. The van der Waals surface area contributed by atoms with E-state index in [1.165, 1.54) is 33.4 Å². The zero-order chi connectivity index (χ0) is 25.3. The summed E-state index contributed by atoms with van der Waals surface area (Å²) < 4.78 is 0. The van der Waals surface area contributed by atoms with E-state index in [0.717, 1.165) is 55.8 Å². The van der Waals surface area contributed by atoms with Gasteiger partial charge < -0.3 is 15.1 Å². The summed E-state index contributed by atoms with van der Waals surface area (Å²) in [7, 11) is 0. The molecule has 0 amide bonds. The summed E-state index contributed by atoms with van der Waals surface area (Å²) in [4.78, 5) is 15.2. The molecule has 0 saturated carbocycles. The lowest BCUT2D eigenvalue weighted by Crippen LogP contribution is -2.32. The number of hydrogen-bond acceptors (Lipinski definition) is 4. The SMILES string of the molecule is CC(C)(C(=O)O)c1ccc(CCCN2CCC(=C3c4ccccc4CC(O)c4sccc43)CC2)cc1. The summed E-state index contributed by atoms with van der Waals surface area (Å²) in [6.07, 6.45) is 4.48. The van der Waals surface area contributed by atoms with E-state index in [1.807, 2.05) is 12.1 Å². The fourth-order valence-corrected chi connectivity index (χ4v) is 6.46. The van der Waals surface area contributed by atoms with E-state index in [0.29, 0.717) is 6.42 Å². The van der Waals surface area contributed by atoms with Gasteiger partial charge in [-0.05, 0) is 90.9 Å². The van der Waals surface area contributed by atoms with Crippen LogP contribution in [0, 0.1) is 0 Å². The molecule has 2 heterocycles. The monoisotopic (exact) mass is 501 g/mol. The van der Waals surface area contributed by atoms with Gasteiger partial charge in [-0.2, -0.15) is 0 Å². The van der Waals surface area contributed by atoms with Crippen LogP contribution in [-0.4, -0.2) is 40.7 Å². The van der Waals surface area contributed by atoms with Crippen molar-refractivity contribution in [3.63, 3.8) is 0 Å². The number of carbonyl (C=O) groups is 1. The number of nitrogens with zero attached hydrogens (tertiary/aromatic N) is 1. The highest BCUT2D eigenvalue weighted by Gasteiger charge is 2.30. The van der Waals surface area contributed by atoms with Crippen molar-refractivity contribution in [3.8, 4) is 0 Å². The van der Waals surface area contributed by atoms with Gasteiger partial charge in [0.2, 0.25) is 0 Å². The lowest BCUT2D eigenvalue weighted by molar-refractivity contribution is -0.142. The van der Waals surface area contributed by atoms with Crippen molar-refractivity contribution < 1.29 is 15.0 Å². The molecule has 188 valence electrons. The van der Waals surface area contributed by atoms with Gasteiger partial charge in [0.1, 0.15) is 0 Å². The van der Waals surface area contributed by atoms with Crippen molar-refractivity contribution in [3.05, 3.63) is 98.2 Å². The molecule has 1 aromatic heterocycles. The number of piperidine rings is 1.